The first-order valence-electron chi connectivity index (χ1n) is 6.44. The summed E-state index contributed by atoms with van der Waals surface area (Å²) in [6, 6.07) is 10.1. The van der Waals surface area contributed by atoms with Crippen LogP contribution in [-0.2, 0) is 6.42 Å². The summed E-state index contributed by atoms with van der Waals surface area (Å²) in [5.41, 5.74) is 4.26. The highest BCUT2D eigenvalue weighted by Crippen LogP contribution is 2.34. The maximum Gasteiger partial charge on any atom is 0.128 e. The van der Waals surface area contributed by atoms with Crippen molar-refractivity contribution in [2.75, 3.05) is 5.32 Å². The van der Waals surface area contributed by atoms with Gasteiger partial charge in [-0.1, -0.05) is 23.8 Å². The fourth-order valence-corrected chi connectivity index (χ4v) is 2.71. The molecule has 0 radical (unpaired) electrons. The van der Waals surface area contributed by atoms with Gasteiger partial charge in [0.2, 0.25) is 0 Å². The SMILES string of the molecule is Cc1ccc2c(c1)C(Nc1cc(F)cc(F)c1)CC2. The van der Waals surface area contributed by atoms with Crippen LogP contribution in [0.4, 0.5) is 14.5 Å². The van der Waals surface area contributed by atoms with E-state index in [1.807, 2.05) is 0 Å². The lowest BCUT2D eigenvalue weighted by Crippen LogP contribution is -2.07. The standard InChI is InChI=1S/C16H15F2N/c1-10-2-3-11-4-5-16(15(11)6-10)19-14-8-12(17)7-13(18)9-14/h2-3,6-9,16,19H,4-5H2,1H3. The molecule has 0 saturated carbocycles. The Kier molecular flexibility index (Phi) is 2.97. The van der Waals surface area contributed by atoms with Crippen molar-refractivity contribution < 1.29 is 8.78 Å². The first-order chi connectivity index (χ1) is 9.11. The van der Waals surface area contributed by atoms with Gasteiger partial charge in [-0.25, -0.2) is 8.78 Å². The van der Waals surface area contributed by atoms with Gasteiger partial charge in [-0.05, 0) is 43.0 Å². The Morgan fingerprint density at radius 1 is 1.05 bits per heavy atom. The summed E-state index contributed by atoms with van der Waals surface area (Å²) < 4.78 is 26.4. The molecular weight excluding hydrogens is 244 g/mol. The minimum atomic E-state index is -0.551. The zero-order chi connectivity index (χ0) is 13.4. The van der Waals surface area contributed by atoms with Gasteiger partial charge in [0, 0.05) is 11.8 Å². The van der Waals surface area contributed by atoms with E-state index in [2.05, 4.69) is 30.4 Å². The molecule has 0 heterocycles. The van der Waals surface area contributed by atoms with Crippen LogP contribution in [0.5, 0.6) is 0 Å². The fourth-order valence-electron chi connectivity index (χ4n) is 2.71. The topological polar surface area (TPSA) is 12.0 Å². The summed E-state index contributed by atoms with van der Waals surface area (Å²) in [6.45, 7) is 2.05. The fraction of sp³-hybridized carbons (Fsp3) is 0.250. The molecule has 1 nitrogen and oxygen atoms in total. The molecule has 1 N–H and O–H groups in total. The van der Waals surface area contributed by atoms with E-state index in [0.29, 0.717) is 5.69 Å². The molecule has 0 bridgehead atoms. The molecule has 2 aromatic rings. The number of nitrogens with one attached hydrogen (secondary N) is 1. The summed E-state index contributed by atoms with van der Waals surface area (Å²) in [5.74, 6) is -1.10. The van der Waals surface area contributed by atoms with E-state index in [-0.39, 0.29) is 6.04 Å². The van der Waals surface area contributed by atoms with E-state index in [9.17, 15) is 8.78 Å². The highest BCUT2D eigenvalue weighted by Gasteiger charge is 2.22. The van der Waals surface area contributed by atoms with Gasteiger partial charge in [-0.3, -0.25) is 0 Å². The van der Waals surface area contributed by atoms with Gasteiger partial charge in [-0.15, -0.1) is 0 Å². The third-order valence-corrected chi connectivity index (χ3v) is 3.58. The van der Waals surface area contributed by atoms with Crippen molar-refractivity contribution in [1.29, 1.82) is 0 Å². The van der Waals surface area contributed by atoms with E-state index in [0.717, 1.165) is 18.9 Å². The van der Waals surface area contributed by atoms with Crippen LogP contribution < -0.4 is 5.32 Å². The molecule has 1 unspecified atom stereocenters. The van der Waals surface area contributed by atoms with E-state index in [1.54, 1.807) is 0 Å². The Labute approximate surface area is 111 Å². The average molecular weight is 259 g/mol. The zero-order valence-electron chi connectivity index (χ0n) is 10.7. The lowest BCUT2D eigenvalue weighted by atomic mass is 10.0. The Hall–Kier alpha value is -1.90. The number of fused-ring (bicyclic) bond motifs is 1. The van der Waals surface area contributed by atoms with Crippen molar-refractivity contribution in [3.8, 4) is 0 Å². The number of hydrogen-bond acceptors (Lipinski definition) is 1. The molecular formula is C16H15F2N. The van der Waals surface area contributed by atoms with E-state index in [4.69, 9.17) is 0 Å². The van der Waals surface area contributed by atoms with E-state index < -0.39 is 11.6 Å². The molecule has 1 aliphatic rings. The summed E-state index contributed by atoms with van der Waals surface area (Å²) in [4.78, 5) is 0. The quantitative estimate of drug-likeness (QED) is 0.844. The summed E-state index contributed by atoms with van der Waals surface area (Å²) >= 11 is 0. The Balaban J connectivity index is 1.88. The minimum Gasteiger partial charge on any atom is -0.378 e. The average Bonchev–Trinajstić information content (AvgIpc) is 2.70. The monoisotopic (exact) mass is 259 g/mol. The van der Waals surface area contributed by atoms with Crippen molar-refractivity contribution in [3.63, 3.8) is 0 Å². The van der Waals surface area contributed by atoms with Gasteiger partial charge >= 0.3 is 0 Å². The predicted octanol–water partition coefficient (Wildman–Crippen LogP) is 4.37. The number of halogens is 2. The van der Waals surface area contributed by atoms with Crippen molar-refractivity contribution in [3.05, 3.63) is 64.7 Å². The molecule has 0 fully saturated rings. The van der Waals surface area contributed by atoms with Crippen LogP contribution in [-0.4, -0.2) is 0 Å². The normalized spacial score (nSPS) is 17.3. The summed E-state index contributed by atoms with van der Waals surface area (Å²) in [5, 5.41) is 3.23. The molecule has 0 saturated heterocycles. The summed E-state index contributed by atoms with van der Waals surface area (Å²) in [7, 11) is 0. The lowest BCUT2D eigenvalue weighted by Gasteiger charge is -2.16. The number of hydrogen-bond donors (Lipinski definition) is 1. The van der Waals surface area contributed by atoms with Gasteiger partial charge in [0.05, 0.1) is 6.04 Å². The summed E-state index contributed by atoms with van der Waals surface area (Å²) in [6.07, 6.45) is 1.96. The predicted molar refractivity (Wildman–Crippen MR) is 72.2 cm³/mol. The van der Waals surface area contributed by atoms with Crippen LogP contribution in [0.2, 0.25) is 0 Å². The molecule has 0 aliphatic heterocycles. The van der Waals surface area contributed by atoms with Gasteiger partial charge in [-0.2, -0.15) is 0 Å². The molecule has 0 aromatic heterocycles. The molecule has 98 valence electrons. The Morgan fingerprint density at radius 3 is 2.53 bits per heavy atom. The van der Waals surface area contributed by atoms with E-state index in [1.165, 1.54) is 28.8 Å². The second-order valence-electron chi connectivity index (χ2n) is 5.10. The molecule has 1 aliphatic carbocycles. The number of anilines is 1. The number of benzene rings is 2. The van der Waals surface area contributed by atoms with Crippen LogP contribution >= 0.6 is 0 Å². The van der Waals surface area contributed by atoms with Crippen LogP contribution in [0.3, 0.4) is 0 Å². The zero-order valence-corrected chi connectivity index (χ0v) is 10.7. The second-order valence-corrected chi connectivity index (χ2v) is 5.10. The Morgan fingerprint density at radius 2 is 1.79 bits per heavy atom. The van der Waals surface area contributed by atoms with Crippen LogP contribution in [0.15, 0.2) is 36.4 Å². The minimum absolute atomic E-state index is 0.135. The largest absolute Gasteiger partial charge is 0.378 e. The highest BCUT2D eigenvalue weighted by molar-refractivity contribution is 5.49. The van der Waals surface area contributed by atoms with Gasteiger partial charge < -0.3 is 5.32 Å². The third kappa shape index (κ3) is 2.46. The van der Waals surface area contributed by atoms with Crippen molar-refractivity contribution in [2.24, 2.45) is 0 Å². The maximum absolute atomic E-state index is 13.2. The molecule has 2 aromatic carbocycles. The van der Waals surface area contributed by atoms with E-state index >= 15 is 0 Å². The molecule has 0 amide bonds. The highest BCUT2D eigenvalue weighted by atomic mass is 19.1. The lowest BCUT2D eigenvalue weighted by molar-refractivity contribution is 0.583. The van der Waals surface area contributed by atoms with Gasteiger partial charge in [0.25, 0.3) is 0 Å². The van der Waals surface area contributed by atoms with Crippen LogP contribution in [0.25, 0.3) is 0 Å². The molecule has 3 rings (SSSR count). The van der Waals surface area contributed by atoms with Crippen LogP contribution in [0, 0.1) is 18.6 Å². The van der Waals surface area contributed by atoms with Crippen molar-refractivity contribution in [2.45, 2.75) is 25.8 Å². The van der Waals surface area contributed by atoms with Crippen molar-refractivity contribution in [1.82, 2.24) is 0 Å². The van der Waals surface area contributed by atoms with Gasteiger partial charge in [0.15, 0.2) is 0 Å². The third-order valence-electron chi connectivity index (χ3n) is 3.58. The first kappa shape index (κ1) is 12.2. The Bertz CT molecular complexity index is 602. The maximum atomic E-state index is 13.2. The molecule has 19 heavy (non-hydrogen) atoms. The number of aryl methyl sites for hydroxylation is 2. The molecule has 3 heteroatoms. The first-order valence-corrected chi connectivity index (χ1v) is 6.44. The smallest absolute Gasteiger partial charge is 0.128 e. The molecule has 1 atom stereocenters. The molecule has 0 spiro atoms. The van der Waals surface area contributed by atoms with Crippen LogP contribution in [0.1, 0.15) is 29.2 Å². The number of rotatable bonds is 2. The van der Waals surface area contributed by atoms with Crippen molar-refractivity contribution >= 4 is 5.69 Å². The van der Waals surface area contributed by atoms with Gasteiger partial charge in [0.1, 0.15) is 11.6 Å². The second kappa shape index (κ2) is 4.65.